The summed E-state index contributed by atoms with van der Waals surface area (Å²) in [5.41, 5.74) is 1.73. The van der Waals surface area contributed by atoms with Gasteiger partial charge in [0.1, 0.15) is 0 Å². The van der Waals surface area contributed by atoms with E-state index in [0.717, 1.165) is 44.7 Å². The highest BCUT2D eigenvalue weighted by Gasteiger charge is 2.16. The van der Waals surface area contributed by atoms with Gasteiger partial charge in [-0.3, -0.25) is 9.59 Å². The van der Waals surface area contributed by atoms with Gasteiger partial charge in [0, 0.05) is 38.4 Å². The molecule has 1 aromatic rings. The number of amides is 2. The summed E-state index contributed by atoms with van der Waals surface area (Å²) in [5, 5.41) is 5.43. The Morgan fingerprint density at radius 3 is 2.44 bits per heavy atom. The van der Waals surface area contributed by atoms with Crippen LogP contribution in [0.25, 0.3) is 0 Å². The second-order valence-corrected chi connectivity index (χ2v) is 6.95. The number of carbonyl (C=O) groups is 2. The van der Waals surface area contributed by atoms with Gasteiger partial charge in [-0.1, -0.05) is 32.0 Å². The minimum absolute atomic E-state index is 0.281. The third-order valence-corrected chi connectivity index (χ3v) is 4.57. The van der Waals surface area contributed by atoms with Crippen molar-refractivity contribution in [1.82, 2.24) is 15.1 Å². The van der Waals surface area contributed by atoms with Crippen molar-refractivity contribution < 1.29 is 9.59 Å². The zero-order valence-corrected chi connectivity index (χ0v) is 15.5. The van der Waals surface area contributed by atoms with Gasteiger partial charge in [-0.15, -0.1) is 0 Å². The molecule has 0 spiro atoms. The quantitative estimate of drug-likeness (QED) is 0.605. The molecule has 138 valence electrons. The molecule has 1 fully saturated rings. The van der Waals surface area contributed by atoms with E-state index in [1.165, 1.54) is 0 Å². The predicted molar refractivity (Wildman–Crippen MR) is 101 cm³/mol. The van der Waals surface area contributed by atoms with Crippen LogP contribution in [0.15, 0.2) is 24.3 Å². The number of hydrogen-bond donors (Lipinski definition) is 2. The van der Waals surface area contributed by atoms with Crippen LogP contribution in [0, 0.1) is 0 Å². The Hall–Kier alpha value is -1.92. The zero-order chi connectivity index (χ0) is 18.2. The molecule has 6 nitrogen and oxygen atoms in total. The summed E-state index contributed by atoms with van der Waals surface area (Å²) < 4.78 is 0. The summed E-state index contributed by atoms with van der Waals surface area (Å²) >= 11 is 0. The first-order valence-electron chi connectivity index (χ1n) is 9.06. The molecule has 6 heteroatoms. The van der Waals surface area contributed by atoms with Crippen LogP contribution in [0.2, 0.25) is 0 Å². The molecule has 2 N–H and O–H groups in total. The summed E-state index contributed by atoms with van der Waals surface area (Å²) in [4.78, 5) is 28.8. The highest BCUT2D eigenvalue weighted by atomic mass is 16.2. The Morgan fingerprint density at radius 2 is 1.76 bits per heavy atom. The predicted octanol–water partition coefficient (Wildman–Crippen LogP) is 1.50. The second kappa shape index (κ2) is 9.53. The topological polar surface area (TPSA) is 64.7 Å². The van der Waals surface area contributed by atoms with Crippen LogP contribution in [0.5, 0.6) is 0 Å². The Morgan fingerprint density at radius 1 is 1.08 bits per heavy atom. The first-order chi connectivity index (χ1) is 12.0. The van der Waals surface area contributed by atoms with Crippen molar-refractivity contribution in [3.63, 3.8) is 0 Å². The maximum absolute atomic E-state index is 12.1. The van der Waals surface area contributed by atoms with Gasteiger partial charge < -0.3 is 20.4 Å². The van der Waals surface area contributed by atoms with Gasteiger partial charge in [0.25, 0.3) is 0 Å². The summed E-state index contributed by atoms with van der Waals surface area (Å²) in [7, 11) is 2.13. The molecule has 1 heterocycles. The molecule has 0 saturated carbocycles. The molecule has 0 bridgehead atoms. The third-order valence-electron chi connectivity index (χ3n) is 4.57. The van der Waals surface area contributed by atoms with Gasteiger partial charge in [-0.05, 0) is 37.6 Å². The van der Waals surface area contributed by atoms with Crippen molar-refractivity contribution in [2.24, 2.45) is 0 Å². The van der Waals surface area contributed by atoms with E-state index in [4.69, 9.17) is 0 Å². The first kappa shape index (κ1) is 19.4. The van der Waals surface area contributed by atoms with Crippen molar-refractivity contribution in [1.29, 1.82) is 0 Å². The molecule has 0 aliphatic carbocycles. The minimum Gasteiger partial charge on any atom is -0.348 e. The lowest BCUT2D eigenvalue weighted by Gasteiger charge is -2.32. The standard InChI is InChI=1S/C19H30N4O2/c1-15(2)16-7-4-5-8-17(16)21-19(25)18(24)20-9-6-10-23-13-11-22(3)12-14-23/h4-5,7-8,15H,6,9-14H2,1-3H3,(H,20,24)(H,21,25). The highest BCUT2D eigenvalue weighted by Crippen LogP contribution is 2.23. The number of nitrogens with one attached hydrogen (secondary N) is 2. The number of anilines is 1. The van der Waals surface area contributed by atoms with Crippen molar-refractivity contribution in [3.05, 3.63) is 29.8 Å². The zero-order valence-electron chi connectivity index (χ0n) is 15.5. The molecule has 1 aliphatic heterocycles. The Kier molecular flexibility index (Phi) is 7.40. The van der Waals surface area contributed by atoms with E-state index in [0.29, 0.717) is 12.2 Å². The number of rotatable bonds is 6. The van der Waals surface area contributed by atoms with Crippen molar-refractivity contribution >= 4 is 17.5 Å². The molecular formula is C19H30N4O2. The second-order valence-electron chi connectivity index (χ2n) is 6.95. The van der Waals surface area contributed by atoms with Crippen LogP contribution in [0.3, 0.4) is 0 Å². The van der Waals surface area contributed by atoms with Crippen LogP contribution in [-0.2, 0) is 9.59 Å². The number of carbonyl (C=O) groups excluding carboxylic acids is 2. The normalized spacial score (nSPS) is 16.0. The van der Waals surface area contributed by atoms with Crippen LogP contribution in [0.4, 0.5) is 5.69 Å². The molecule has 2 amide bonds. The number of para-hydroxylation sites is 1. The summed E-state index contributed by atoms with van der Waals surface area (Å²) in [6.07, 6.45) is 0.852. The van der Waals surface area contributed by atoms with E-state index in [1.54, 1.807) is 0 Å². The first-order valence-corrected chi connectivity index (χ1v) is 9.06. The maximum atomic E-state index is 12.1. The van der Waals surface area contributed by atoms with E-state index in [2.05, 4.69) is 41.3 Å². The van der Waals surface area contributed by atoms with Crippen LogP contribution >= 0.6 is 0 Å². The van der Waals surface area contributed by atoms with E-state index in [-0.39, 0.29) is 5.92 Å². The van der Waals surface area contributed by atoms with E-state index < -0.39 is 11.8 Å². The molecule has 1 saturated heterocycles. The maximum Gasteiger partial charge on any atom is 0.313 e. The van der Waals surface area contributed by atoms with Crippen LogP contribution in [0.1, 0.15) is 31.7 Å². The molecule has 0 atom stereocenters. The lowest BCUT2D eigenvalue weighted by Crippen LogP contribution is -2.45. The van der Waals surface area contributed by atoms with E-state index >= 15 is 0 Å². The van der Waals surface area contributed by atoms with Crippen molar-refractivity contribution in [3.8, 4) is 0 Å². The fourth-order valence-electron chi connectivity index (χ4n) is 2.95. The van der Waals surface area contributed by atoms with Gasteiger partial charge in [0.15, 0.2) is 0 Å². The van der Waals surface area contributed by atoms with Crippen LogP contribution in [-0.4, -0.2) is 67.9 Å². The highest BCUT2D eigenvalue weighted by molar-refractivity contribution is 6.39. The van der Waals surface area contributed by atoms with Gasteiger partial charge in [-0.25, -0.2) is 0 Å². The van der Waals surface area contributed by atoms with E-state index in [9.17, 15) is 9.59 Å². The monoisotopic (exact) mass is 346 g/mol. The Labute approximate surface area is 150 Å². The number of nitrogens with zero attached hydrogens (tertiary/aromatic N) is 2. The summed E-state index contributed by atoms with van der Waals surface area (Å²) in [5.74, 6) is -0.896. The van der Waals surface area contributed by atoms with Gasteiger partial charge >= 0.3 is 11.8 Å². The molecule has 1 aromatic carbocycles. The number of hydrogen-bond acceptors (Lipinski definition) is 4. The lowest BCUT2D eigenvalue weighted by atomic mass is 10.0. The average molecular weight is 346 g/mol. The lowest BCUT2D eigenvalue weighted by molar-refractivity contribution is -0.136. The number of likely N-dealkylation sites (N-methyl/N-ethyl adjacent to an activating group) is 1. The summed E-state index contributed by atoms with van der Waals surface area (Å²) in [6, 6.07) is 7.58. The molecule has 2 rings (SSSR count). The Bertz CT molecular complexity index is 581. The van der Waals surface area contributed by atoms with Crippen molar-refractivity contribution in [2.45, 2.75) is 26.2 Å². The minimum atomic E-state index is -0.604. The summed E-state index contributed by atoms with van der Waals surface area (Å²) in [6.45, 7) is 9.89. The molecular weight excluding hydrogens is 316 g/mol. The molecule has 25 heavy (non-hydrogen) atoms. The molecule has 0 aromatic heterocycles. The average Bonchev–Trinajstić information content (AvgIpc) is 2.60. The Balaban J connectivity index is 1.71. The van der Waals surface area contributed by atoms with Gasteiger partial charge in [0.05, 0.1) is 0 Å². The van der Waals surface area contributed by atoms with Crippen molar-refractivity contribution in [2.75, 3.05) is 51.6 Å². The van der Waals surface area contributed by atoms with Crippen LogP contribution < -0.4 is 10.6 Å². The van der Waals surface area contributed by atoms with Gasteiger partial charge in [-0.2, -0.15) is 0 Å². The fourth-order valence-corrected chi connectivity index (χ4v) is 2.95. The molecule has 0 radical (unpaired) electrons. The SMILES string of the molecule is CC(C)c1ccccc1NC(=O)C(=O)NCCCN1CCN(C)CC1. The third kappa shape index (κ3) is 6.14. The smallest absolute Gasteiger partial charge is 0.313 e. The molecule has 0 unspecified atom stereocenters. The number of benzene rings is 1. The largest absolute Gasteiger partial charge is 0.348 e. The number of piperazine rings is 1. The van der Waals surface area contributed by atoms with E-state index in [1.807, 2.05) is 24.3 Å². The van der Waals surface area contributed by atoms with Gasteiger partial charge in [0.2, 0.25) is 0 Å². The molecule has 1 aliphatic rings. The fraction of sp³-hybridized carbons (Fsp3) is 0.579.